The van der Waals surface area contributed by atoms with E-state index in [4.69, 9.17) is 0 Å². The molecular formula is C18H29N5O. The molecule has 1 amide bonds. The second kappa shape index (κ2) is 6.39. The first kappa shape index (κ1) is 15.9. The molecule has 0 aromatic carbocycles. The van der Waals surface area contributed by atoms with Crippen molar-refractivity contribution in [2.45, 2.75) is 44.9 Å². The fraction of sp³-hybridized carbons (Fsp3) is 0.778. The van der Waals surface area contributed by atoms with Gasteiger partial charge in [-0.05, 0) is 32.1 Å². The van der Waals surface area contributed by atoms with Crippen LogP contribution in [0.4, 0.5) is 5.82 Å². The Morgan fingerprint density at radius 2 is 2.12 bits per heavy atom. The molecule has 2 N–H and O–H groups in total. The molecule has 3 aliphatic rings. The summed E-state index contributed by atoms with van der Waals surface area (Å²) in [5.74, 6) is 1.86. The molecule has 1 aromatic heterocycles. The van der Waals surface area contributed by atoms with Crippen LogP contribution in [0.15, 0.2) is 6.07 Å². The minimum absolute atomic E-state index is 0.0121. The van der Waals surface area contributed by atoms with Crippen molar-refractivity contribution in [1.82, 2.24) is 20.4 Å². The highest BCUT2D eigenvalue weighted by molar-refractivity contribution is 5.85. The van der Waals surface area contributed by atoms with Crippen LogP contribution in [0.5, 0.6) is 0 Å². The smallest absolute Gasteiger partial charge is 0.228 e. The number of nitrogens with one attached hydrogen (secondary N) is 2. The zero-order chi connectivity index (χ0) is 16.6. The quantitative estimate of drug-likeness (QED) is 0.882. The first-order chi connectivity index (χ1) is 11.7. The zero-order valence-corrected chi connectivity index (χ0v) is 14.7. The van der Waals surface area contributed by atoms with Crippen molar-refractivity contribution >= 4 is 11.7 Å². The topological polar surface area (TPSA) is 64.3 Å². The largest absolute Gasteiger partial charge is 0.353 e. The van der Waals surface area contributed by atoms with Crippen molar-refractivity contribution < 1.29 is 4.79 Å². The number of hydrogen-bond donors (Lipinski definition) is 2. The van der Waals surface area contributed by atoms with Crippen molar-refractivity contribution in [3.05, 3.63) is 11.8 Å². The number of rotatable bonds is 4. The van der Waals surface area contributed by atoms with Gasteiger partial charge in [0.15, 0.2) is 5.82 Å². The molecule has 24 heavy (non-hydrogen) atoms. The summed E-state index contributed by atoms with van der Waals surface area (Å²) in [7, 11) is 0. The molecule has 2 saturated heterocycles. The fourth-order valence-electron chi connectivity index (χ4n) is 4.21. The highest BCUT2D eigenvalue weighted by Gasteiger charge is 2.50. The lowest BCUT2D eigenvalue weighted by atomic mass is 9.92. The monoisotopic (exact) mass is 331 g/mol. The number of aromatic amines is 1. The third-order valence-corrected chi connectivity index (χ3v) is 6.16. The maximum absolute atomic E-state index is 12.8. The number of amides is 1. The molecule has 1 aromatic rings. The zero-order valence-electron chi connectivity index (χ0n) is 14.7. The van der Waals surface area contributed by atoms with Crippen molar-refractivity contribution in [1.29, 1.82) is 0 Å². The maximum Gasteiger partial charge on any atom is 0.228 e. The average molecular weight is 331 g/mol. The van der Waals surface area contributed by atoms with Gasteiger partial charge in [-0.1, -0.05) is 6.92 Å². The van der Waals surface area contributed by atoms with E-state index in [1.54, 1.807) is 0 Å². The Morgan fingerprint density at radius 3 is 2.83 bits per heavy atom. The summed E-state index contributed by atoms with van der Waals surface area (Å²) in [4.78, 5) is 17.3. The predicted octanol–water partition coefficient (Wildman–Crippen LogP) is 1.72. The first-order valence-corrected chi connectivity index (χ1v) is 9.52. The van der Waals surface area contributed by atoms with E-state index in [0.717, 1.165) is 77.2 Å². The van der Waals surface area contributed by atoms with Gasteiger partial charge in [0, 0.05) is 62.4 Å². The number of hydrogen-bond acceptors (Lipinski definition) is 4. The van der Waals surface area contributed by atoms with Crippen LogP contribution in [0.25, 0.3) is 0 Å². The summed E-state index contributed by atoms with van der Waals surface area (Å²) >= 11 is 0. The summed E-state index contributed by atoms with van der Waals surface area (Å²) in [5.41, 5.74) is 1.18. The van der Waals surface area contributed by atoms with Gasteiger partial charge >= 0.3 is 0 Å². The van der Waals surface area contributed by atoms with Crippen LogP contribution in [-0.4, -0.2) is 60.3 Å². The minimum Gasteiger partial charge on any atom is -0.353 e. The van der Waals surface area contributed by atoms with Crippen LogP contribution in [-0.2, 0) is 4.79 Å². The first-order valence-electron chi connectivity index (χ1n) is 9.52. The van der Waals surface area contributed by atoms with Crippen molar-refractivity contribution in [3.8, 4) is 0 Å². The number of piperidine rings is 1. The van der Waals surface area contributed by atoms with Crippen molar-refractivity contribution in [2.75, 3.05) is 44.2 Å². The number of piperazine rings is 1. The molecule has 4 rings (SSSR count). The molecule has 1 atom stereocenters. The Hall–Kier alpha value is -1.56. The predicted molar refractivity (Wildman–Crippen MR) is 94.2 cm³/mol. The summed E-state index contributed by atoms with van der Waals surface area (Å²) in [5, 5.41) is 11.2. The van der Waals surface area contributed by atoms with Crippen molar-refractivity contribution in [3.63, 3.8) is 0 Å². The lowest BCUT2D eigenvalue weighted by molar-refractivity contribution is -0.138. The Kier molecular flexibility index (Phi) is 4.24. The van der Waals surface area contributed by atoms with Gasteiger partial charge in [-0.2, -0.15) is 5.10 Å². The Morgan fingerprint density at radius 1 is 1.33 bits per heavy atom. The number of nitrogens with zero attached hydrogens (tertiary/aromatic N) is 3. The highest BCUT2D eigenvalue weighted by Crippen LogP contribution is 2.50. The van der Waals surface area contributed by atoms with E-state index in [-0.39, 0.29) is 5.41 Å². The van der Waals surface area contributed by atoms with Gasteiger partial charge in [-0.3, -0.25) is 9.89 Å². The molecule has 0 bridgehead atoms. The Bertz CT molecular complexity index is 588. The number of aromatic nitrogens is 2. The van der Waals surface area contributed by atoms with Crippen LogP contribution >= 0.6 is 0 Å². The number of H-pyrrole nitrogens is 1. The molecule has 6 nitrogen and oxygen atoms in total. The Balaban J connectivity index is 1.42. The van der Waals surface area contributed by atoms with E-state index in [2.05, 4.69) is 38.3 Å². The lowest BCUT2D eigenvalue weighted by Gasteiger charge is -2.34. The minimum atomic E-state index is -0.0121. The third kappa shape index (κ3) is 2.92. The summed E-state index contributed by atoms with van der Waals surface area (Å²) in [6.07, 6.45) is 5.40. The van der Waals surface area contributed by atoms with Crippen LogP contribution in [0.3, 0.4) is 0 Å². The van der Waals surface area contributed by atoms with Gasteiger partial charge < -0.3 is 15.1 Å². The molecule has 6 heteroatoms. The number of likely N-dealkylation sites (tertiary alicyclic amines) is 1. The van der Waals surface area contributed by atoms with E-state index < -0.39 is 0 Å². The van der Waals surface area contributed by atoms with E-state index in [9.17, 15) is 4.79 Å². The van der Waals surface area contributed by atoms with Crippen LogP contribution < -0.4 is 10.2 Å². The van der Waals surface area contributed by atoms with Gasteiger partial charge in [0.25, 0.3) is 0 Å². The summed E-state index contributed by atoms with van der Waals surface area (Å²) in [6.45, 7) is 8.00. The average Bonchev–Trinajstić information content (AvgIpc) is 3.30. The molecule has 1 unspecified atom stereocenters. The van der Waals surface area contributed by atoms with Crippen molar-refractivity contribution in [2.24, 2.45) is 5.41 Å². The highest BCUT2D eigenvalue weighted by atomic mass is 16.2. The fourth-order valence-corrected chi connectivity index (χ4v) is 4.21. The van der Waals surface area contributed by atoms with E-state index in [1.807, 2.05) is 0 Å². The van der Waals surface area contributed by atoms with Crippen LogP contribution in [0.1, 0.15) is 50.6 Å². The van der Waals surface area contributed by atoms with Gasteiger partial charge in [-0.15, -0.1) is 0 Å². The van der Waals surface area contributed by atoms with E-state index >= 15 is 0 Å². The molecule has 3 heterocycles. The molecule has 1 aliphatic carbocycles. The van der Waals surface area contributed by atoms with Gasteiger partial charge in [0.2, 0.25) is 5.91 Å². The molecule has 3 fully saturated rings. The second-order valence-electron chi connectivity index (χ2n) is 7.64. The lowest BCUT2D eigenvalue weighted by Crippen LogP contribution is -2.43. The molecule has 0 spiro atoms. The molecule has 132 valence electrons. The standard InChI is InChI=1S/C18H29N5O/c1-2-18(5-6-18)17(24)23-9-3-4-14(13-23)15-12-16(21-20-15)22-10-7-19-8-11-22/h12,14,19H,2-11,13H2,1H3,(H,20,21). The molecular weight excluding hydrogens is 302 g/mol. The molecule has 0 radical (unpaired) electrons. The number of carbonyl (C=O) groups is 1. The maximum atomic E-state index is 12.8. The van der Waals surface area contributed by atoms with E-state index in [1.165, 1.54) is 5.69 Å². The van der Waals surface area contributed by atoms with Gasteiger partial charge in [-0.25, -0.2) is 0 Å². The number of carbonyl (C=O) groups excluding carboxylic acids is 1. The molecule has 1 saturated carbocycles. The van der Waals surface area contributed by atoms with Gasteiger partial charge in [0.1, 0.15) is 0 Å². The van der Waals surface area contributed by atoms with Crippen LogP contribution in [0.2, 0.25) is 0 Å². The number of anilines is 1. The Labute approximate surface area is 144 Å². The van der Waals surface area contributed by atoms with Gasteiger partial charge in [0.05, 0.1) is 0 Å². The SMILES string of the molecule is CCC1(C(=O)N2CCCC(c3cc(N4CCNCC4)n[nH]3)C2)CC1. The summed E-state index contributed by atoms with van der Waals surface area (Å²) in [6, 6.07) is 2.21. The van der Waals surface area contributed by atoms with E-state index in [0.29, 0.717) is 11.8 Å². The summed E-state index contributed by atoms with van der Waals surface area (Å²) < 4.78 is 0. The third-order valence-electron chi connectivity index (χ3n) is 6.16. The molecule has 2 aliphatic heterocycles. The van der Waals surface area contributed by atoms with Crippen LogP contribution in [0, 0.1) is 5.41 Å². The normalized spacial score (nSPS) is 26.5. The second-order valence-corrected chi connectivity index (χ2v) is 7.64.